The number of imide groups is 1. The van der Waals surface area contributed by atoms with E-state index in [1.807, 2.05) is 0 Å². The first-order valence-corrected chi connectivity index (χ1v) is 8.56. The topological polar surface area (TPSA) is 92.3 Å². The SMILES string of the molecule is O=C1NC(=O)C(CS(=O)(=O)c2ccccc2)(c2ccccc2)N1. The van der Waals surface area contributed by atoms with Crippen molar-refractivity contribution in [3.8, 4) is 0 Å². The Morgan fingerprint density at radius 3 is 1.96 bits per heavy atom. The van der Waals surface area contributed by atoms with E-state index in [1.165, 1.54) is 12.1 Å². The molecule has 0 aromatic heterocycles. The fraction of sp³-hybridized carbons (Fsp3) is 0.125. The van der Waals surface area contributed by atoms with E-state index in [2.05, 4.69) is 10.6 Å². The van der Waals surface area contributed by atoms with Gasteiger partial charge in [0, 0.05) is 0 Å². The normalized spacial score (nSPS) is 20.9. The first kappa shape index (κ1) is 15.2. The van der Waals surface area contributed by atoms with Gasteiger partial charge in [0.2, 0.25) is 0 Å². The first-order chi connectivity index (χ1) is 10.9. The monoisotopic (exact) mass is 330 g/mol. The zero-order valence-corrected chi connectivity index (χ0v) is 12.8. The van der Waals surface area contributed by atoms with E-state index in [0.717, 1.165) is 0 Å². The van der Waals surface area contributed by atoms with Crippen molar-refractivity contribution >= 4 is 21.8 Å². The molecule has 2 N–H and O–H groups in total. The van der Waals surface area contributed by atoms with Crippen LogP contribution in [0.3, 0.4) is 0 Å². The van der Waals surface area contributed by atoms with E-state index in [4.69, 9.17) is 0 Å². The van der Waals surface area contributed by atoms with Gasteiger partial charge in [-0.1, -0.05) is 48.5 Å². The second-order valence-electron chi connectivity index (χ2n) is 5.25. The van der Waals surface area contributed by atoms with Crippen LogP contribution in [-0.4, -0.2) is 26.1 Å². The second kappa shape index (κ2) is 5.51. The fourth-order valence-corrected chi connectivity index (χ4v) is 4.28. The summed E-state index contributed by atoms with van der Waals surface area (Å²) in [4.78, 5) is 24.1. The van der Waals surface area contributed by atoms with Crippen LogP contribution in [0.2, 0.25) is 0 Å². The molecule has 1 aliphatic rings. The third-order valence-corrected chi connectivity index (χ3v) is 5.52. The van der Waals surface area contributed by atoms with Crippen molar-refractivity contribution in [2.45, 2.75) is 10.4 Å². The molecule has 23 heavy (non-hydrogen) atoms. The smallest absolute Gasteiger partial charge is 0.318 e. The van der Waals surface area contributed by atoms with Gasteiger partial charge in [0.1, 0.15) is 0 Å². The minimum Gasteiger partial charge on any atom is -0.318 e. The predicted molar refractivity (Wildman–Crippen MR) is 83.3 cm³/mol. The highest BCUT2D eigenvalue weighted by Gasteiger charge is 2.50. The highest BCUT2D eigenvalue weighted by molar-refractivity contribution is 7.91. The molecule has 1 saturated heterocycles. The van der Waals surface area contributed by atoms with Gasteiger partial charge in [0.05, 0.1) is 10.6 Å². The Bertz CT molecular complexity index is 850. The zero-order valence-electron chi connectivity index (χ0n) is 12.0. The van der Waals surface area contributed by atoms with Crippen LogP contribution in [-0.2, 0) is 20.2 Å². The number of rotatable bonds is 4. The molecule has 7 heteroatoms. The quantitative estimate of drug-likeness (QED) is 0.824. The van der Waals surface area contributed by atoms with Crippen molar-refractivity contribution in [3.63, 3.8) is 0 Å². The lowest BCUT2D eigenvalue weighted by atomic mass is 9.92. The Kier molecular flexibility index (Phi) is 3.65. The molecule has 3 amide bonds. The molecule has 1 unspecified atom stereocenters. The van der Waals surface area contributed by atoms with E-state index >= 15 is 0 Å². The van der Waals surface area contributed by atoms with E-state index in [0.29, 0.717) is 5.56 Å². The molecule has 3 rings (SSSR count). The van der Waals surface area contributed by atoms with Gasteiger partial charge in [0.25, 0.3) is 5.91 Å². The van der Waals surface area contributed by atoms with E-state index in [9.17, 15) is 18.0 Å². The van der Waals surface area contributed by atoms with Crippen LogP contribution in [0.15, 0.2) is 65.6 Å². The highest BCUT2D eigenvalue weighted by atomic mass is 32.2. The van der Waals surface area contributed by atoms with Crippen molar-refractivity contribution in [3.05, 3.63) is 66.2 Å². The van der Waals surface area contributed by atoms with Crippen molar-refractivity contribution in [2.24, 2.45) is 0 Å². The number of carbonyl (C=O) groups is 2. The standard InChI is InChI=1S/C16H14N2O4S/c19-14-16(18-15(20)17-14,12-7-3-1-4-8-12)11-23(21,22)13-9-5-2-6-10-13/h1-10H,11H2,(H2,17,18,19,20). The Labute approximate surface area is 133 Å². The van der Waals surface area contributed by atoms with Gasteiger partial charge in [-0.15, -0.1) is 0 Å². The van der Waals surface area contributed by atoms with Crippen LogP contribution in [0.1, 0.15) is 5.56 Å². The number of hydrogen-bond donors (Lipinski definition) is 2. The number of amides is 3. The molecular weight excluding hydrogens is 316 g/mol. The average Bonchev–Trinajstić information content (AvgIpc) is 2.83. The molecule has 1 fully saturated rings. The molecule has 1 heterocycles. The van der Waals surface area contributed by atoms with Gasteiger partial charge in [-0.05, 0) is 17.7 Å². The molecule has 2 aromatic carbocycles. The van der Waals surface area contributed by atoms with Crippen molar-refractivity contribution in [1.29, 1.82) is 0 Å². The van der Waals surface area contributed by atoms with Gasteiger partial charge < -0.3 is 5.32 Å². The molecule has 0 aliphatic carbocycles. The number of carbonyl (C=O) groups excluding carboxylic acids is 2. The molecule has 1 atom stereocenters. The lowest BCUT2D eigenvalue weighted by molar-refractivity contribution is -0.123. The summed E-state index contributed by atoms with van der Waals surface area (Å²) < 4.78 is 25.4. The highest BCUT2D eigenvalue weighted by Crippen LogP contribution is 2.29. The Morgan fingerprint density at radius 2 is 1.43 bits per heavy atom. The van der Waals surface area contributed by atoms with Crippen LogP contribution in [0, 0.1) is 0 Å². The van der Waals surface area contributed by atoms with Crippen LogP contribution in [0.4, 0.5) is 4.79 Å². The number of urea groups is 1. The molecule has 1 aliphatic heterocycles. The third-order valence-electron chi connectivity index (χ3n) is 3.72. The van der Waals surface area contributed by atoms with Crippen LogP contribution >= 0.6 is 0 Å². The number of benzene rings is 2. The van der Waals surface area contributed by atoms with Gasteiger partial charge in [-0.25, -0.2) is 13.2 Å². The number of nitrogens with one attached hydrogen (secondary N) is 2. The Balaban J connectivity index is 2.08. The largest absolute Gasteiger partial charge is 0.322 e. The lowest BCUT2D eigenvalue weighted by Gasteiger charge is -2.26. The molecule has 0 bridgehead atoms. The Hall–Kier alpha value is -2.67. The first-order valence-electron chi connectivity index (χ1n) is 6.91. The molecular formula is C16H14N2O4S. The minimum absolute atomic E-state index is 0.101. The Morgan fingerprint density at radius 1 is 0.870 bits per heavy atom. The molecule has 0 saturated carbocycles. The van der Waals surface area contributed by atoms with Crippen molar-refractivity contribution < 1.29 is 18.0 Å². The third kappa shape index (κ3) is 2.70. The van der Waals surface area contributed by atoms with E-state index in [-0.39, 0.29) is 4.90 Å². The average molecular weight is 330 g/mol. The molecule has 2 aromatic rings. The van der Waals surface area contributed by atoms with Gasteiger partial charge in [-0.2, -0.15) is 0 Å². The number of sulfone groups is 1. The van der Waals surface area contributed by atoms with Gasteiger partial charge in [0.15, 0.2) is 15.4 Å². The van der Waals surface area contributed by atoms with Crippen molar-refractivity contribution in [2.75, 3.05) is 5.75 Å². The lowest BCUT2D eigenvalue weighted by Crippen LogP contribution is -2.49. The van der Waals surface area contributed by atoms with Crippen LogP contribution in [0.5, 0.6) is 0 Å². The van der Waals surface area contributed by atoms with Crippen LogP contribution < -0.4 is 10.6 Å². The van der Waals surface area contributed by atoms with Crippen molar-refractivity contribution in [1.82, 2.24) is 10.6 Å². The zero-order chi connectivity index (χ0) is 16.5. The fourth-order valence-electron chi connectivity index (χ4n) is 2.60. The van der Waals surface area contributed by atoms with E-state index < -0.39 is 33.1 Å². The van der Waals surface area contributed by atoms with Crippen LogP contribution in [0.25, 0.3) is 0 Å². The van der Waals surface area contributed by atoms with Gasteiger partial charge in [-0.3, -0.25) is 10.1 Å². The van der Waals surface area contributed by atoms with E-state index in [1.54, 1.807) is 48.5 Å². The summed E-state index contributed by atoms with van der Waals surface area (Å²) in [6, 6.07) is 15.5. The summed E-state index contributed by atoms with van der Waals surface area (Å²) in [5.74, 6) is -1.22. The number of hydrogen-bond acceptors (Lipinski definition) is 4. The maximum absolute atomic E-state index is 12.7. The summed E-state index contributed by atoms with van der Waals surface area (Å²) in [6.45, 7) is 0. The maximum atomic E-state index is 12.7. The molecule has 118 valence electrons. The summed E-state index contributed by atoms with van der Waals surface area (Å²) in [5.41, 5.74) is -1.21. The molecule has 6 nitrogen and oxygen atoms in total. The summed E-state index contributed by atoms with van der Waals surface area (Å²) in [6.07, 6.45) is 0. The maximum Gasteiger partial charge on any atom is 0.322 e. The molecule has 0 radical (unpaired) electrons. The summed E-state index contributed by atoms with van der Waals surface area (Å²) >= 11 is 0. The molecule has 0 spiro atoms. The predicted octanol–water partition coefficient (Wildman–Crippen LogP) is 1.20. The summed E-state index contributed by atoms with van der Waals surface area (Å²) in [5, 5.41) is 4.61. The second-order valence-corrected chi connectivity index (χ2v) is 7.24. The summed E-state index contributed by atoms with van der Waals surface area (Å²) in [7, 11) is -3.78. The minimum atomic E-state index is -3.78. The van der Waals surface area contributed by atoms with Gasteiger partial charge >= 0.3 is 6.03 Å².